The summed E-state index contributed by atoms with van der Waals surface area (Å²) < 4.78 is 1.86. The Bertz CT molecular complexity index is 288. The molecule has 0 fully saturated rings. The lowest BCUT2D eigenvalue weighted by Gasteiger charge is -2.06. The van der Waals surface area contributed by atoms with Gasteiger partial charge in [0.15, 0.2) is 0 Å². The van der Waals surface area contributed by atoms with E-state index < -0.39 is 0 Å². The largest absolute Gasteiger partial charge is 0.392 e. The van der Waals surface area contributed by atoms with Gasteiger partial charge in [0.25, 0.3) is 0 Å². The van der Waals surface area contributed by atoms with E-state index in [1.165, 1.54) is 0 Å². The molecule has 4 nitrogen and oxygen atoms in total. The van der Waals surface area contributed by atoms with Crippen molar-refractivity contribution in [2.75, 3.05) is 12.3 Å². The summed E-state index contributed by atoms with van der Waals surface area (Å²) in [5, 5.41) is 14.6. The number of nitrogens with two attached hydrogens (primary N) is 1. The topological polar surface area (TPSA) is 64.1 Å². The standard InChI is InChI=1S/C9H17N3OS/c1-7-5-9(12(2)11-7)14-4-3-8(13)6-10/h5,8,13H,3-4,6,10H2,1-2H3. The molecule has 0 bridgehead atoms. The third-order valence-corrected chi connectivity index (χ3v) is 3.05. The summed E-state index contributed by atoms with van der Waals surface area (Å²) in [7, 11) is 1.93. The van der Waals surface area contributed by atoms with Crippen LogP contribution in [0, 0.1) is 6.92 Å². The van der Waals surface area contributed by atoms with Gasteiger partial charge in [0.05, 0.1) is 16.8 Å². The predicted octanol–water partition coefficient (Wildman–Crippen LogP) is 0.530. The van der Waals surface area contributed by atoms with Crippen molar-refractivity contribution in [3.8, 4) is 0 Å². The van der Waals surface area contributed by atoms with Crippen molar-refractivity contribution in [3.63, 3.8) is 0 Å². The number of nitrogens with zero attached hydrogens (tertiary/aromatic N) is 2. The van der Waals surface area contributed by atoms with E-state index >= 15 is 0 Å². The Morgan fingerprint density at radius 1 is 1.71 bits per heavy atom. The zero-order valence-electron chi connectivity index (χ0n) is 8.60. The molecule has 0 aliphatic carbocycles. The van der Waals surface area contributed by atoms with E-state index in [1.54, 1.807) is 11.8 Å². The highest BCUT2D eigenvalue weighted by Gasteiger charge is 2.04. The smallest absolute Gasteiger partial charge is 0.0939 e. The molecule has 0 saturated carbocycles. The Morgan fingerprint density at radius 2 is 2.43 bits per heavy atom. The first-order valence-corrected chi connectivity index (χ1v) is 5.63. The summed E-state index contributed by atoms with van der Waals surface area (Å²) in [6, 6.07) is 2.04. The Kier molecular flexibility index (Phi) is 4.44. The van der Waals surface area contributed by atoms with E-state index in [0.29, 0.717) is 6.54 Å². The first-order valence-electron chi connectivity index (χ1n) is 4.65. The maximum Gasteiger partial charge on any atom is 0.0939 e. The summed E-state index contributed by atoms with van der Waals surface area (Å²) in [6.07, 6.45) is 0.350. The van der Waals surface area contributed by atoms with Crippen molar-refractivity contribution in [3.05, 3.63) is 11.8 Å². The number of aliphatic hydroxyl groups excluding tert-OH is 1. The second kappa shape index (κ2) is 5.38. The molecule has 0 amide bonds. The Hall–Kier alpha value is -0.520. The first-order chi connectivity index (χ1) is 6.63. The first kappa shape index (κ1) is 11.6. The Labute approximate surface area is 88.5 Å². The van der Waals surface area contributed by atoms with Gasteiger partial charge < -0.3 is 10.8 Å². The molecule has 1 heterocycles. The lowest BCUT2D eigenvalue weighted by molar-refractivity contribution is 0.180. The lowest BCUT2D eigenvalue weighted by atomic mass is 10.3. The van der Waals surface area contributed by atoms with E-state index in [0.717, 1.165) is 22.9 Å². The maximum atomic E-state index is 9.25. The molecule has 1 rings (SSSR count). The molecule has 0 saturated heterocycles. The van der Waals surface area contributed by atoms with Gasteiger partial charge in [-0.05, 0) is 19.4 Å². The molecule has 0 aliphatic heterocycles. The number of hydrogen-bond donors (Lipinski definition) is 2. The SMILES string of the molecule is Cc1cc(SCCC(O)CN)n(C)n1. The van der Waals surface area contributed by atoms with Crippen molar-refractivity contribution < 1.29 is 5.11 Å². The van der Waals surface area contributed by atoms with Crippen LogP contribution in [0.3, 0.4) is 0 Å². The highest BCUT2D eigenvalue weighted by Crippen LogP contribution is 2.19. The van der Waals surface area contributed by atoms with Gasteiger partial charge in [-0.3, -0.25) is 4.68 Å². The fourth-order valence-corrected chi connectivity index (χ4v) is 2.22. The monoisotopic (exact) mass is 215 g/mol. The molecule has 0 spiro atoms. The third kappa shape index (κ3) is 3.32. The fourth-order valence-electron chi connectivity index (χ4n) is 1.14. The molecular weight excluding hydrogens is 198 g/mol. The van der Waals surface area contributed by atoms with Gasteiger partial charge >= 0.3 is 0 Å². The molecule has 5 heteroatoms. The molecular formula is C9H17N3OS. The van der Waals surface area contributed by atoms with E-state index in [-0.39, 0.29) is 6.10 Å². The second-order valence-electron chi connectivity index (χ2n) is 3.27. The average molecular weight is 215 g/mol. The Balaban J connectivity index is 2.34. The molecule has 1 aromatic rings. The summed E-state index contributed by atoms with van der Waals surface area (Å²) in [4.78, 5) is 0. The van der Waals surface area contributed by atoms with E-state index in [9.17, 15) is 5.11 Å². The van der Waals surface area contributed by atoms with Crippen LogP contribution in [0.15, 0.2) is 11.1 Å². The zero-order valence-corrected chi connectivity index (χ0v) is 9.42. The maximum absolute atomic E-state index is 9.25. The number of aryl methyl sites for hydroxylation is 2. The molecule has 80 valence electrons. The number of aliphatic hydroxyl groups is 1. The zero-order chi connectivity index (χ0) is 10.6. The molecule has 0 radical (unpaired) electrons. The number of aromatic nitrogens is 2. The summed E-state index contributed by atoms with van der Waals surface area (Å²) in [5.41, 5.74) is 6.33. The van der Waals surface area contributed by atoms with Gasteiger partial charge in [0.1, 0.15) is 0 Å². The van der Waals surface area contributed by atoms with Crippen LogP contribution < -0.4 is 5.73 Å². The van der Waals surface area contributed by atoms with Crippen LogP contribution in [-0.4, -0.2) is 33.3 Å². The van der Waals surface area contributed by atoms with Crippen molar-refractivity contribution in [1.82, 2.24) is 9.78 Å². The van der Waals surface area contributed by atoms with E-state index in [1.807, 2.05) is 24.7 Å². The minimum absolute atomic E-state index is 0.338. The van der Waals surface area contributed by atoms with Gasteiger partial charge in [0, 0.05) is 19.3 Å². The fraction of sp³-hybridized carbons (Fsp3) is 0.667. The summed E-state index contributed by atoms with van der Waals surface area (Å²) >= 11 is 1.70. The quantitative estimate of drug-likeness (QED) is 0.703. The summed E-state index contributed by atoms with van der Waals surface area (Å²) in [6.45, 7) is 2.31. The van der Waals surface area contributed by atoms with Crippen molar-refractivity contribution in [2.45, 2.75) is 24.5 Å². The highest BCUT2D eigenvalue weighted by atomic mass is 32.2. The number of hydrogen-bond acceptors (Lipinski definition) is 4. The molecule has 14 heavy (non-hydrogen) atoms. The van der Waals surface area contributed by atoms with Gasteiger partial charge in [-0.25, -0.2) is 0 Å². The molecule has 3 N–H and O–H groups in total. The number of rotatable bonds is 5. The molecule has 0 aromatic carbocycles. The van der Waals surface area contributed by atoms with Crippen LogP contribution in [0.1, 0.15) is 12.1 Å². The van der Waals surface area contributed by atoms with E-state index in [4.69, 9.17) is 5.73 Å². The van der Waals surface area contributed by atoms with Gasteiger partial charge in [-0.15, -0.1) is 11.8 Å². The van der Waals surface area contributed by atoms with Crippen LogP contribution in [0.25, 0.3) is 0 Å². The van der Waals surface area contributed by atoms with Crippen LogP contribution in [0.4, 0.5) is 0 Å². The molecule has 1 atom stereocenters. The average Bonchev–Trinajstić information content (AvgIpc) is 2.45. The van der Waals surface area contributed by atoms with Crippen molar-refractivity contribution >= 4 is 11.8 Å². The van der Waals surface area contributed by atoms with Crippen LogP contribution in [0.2, 0.25) is 0 Å². The normalized spacial score (nSPS) is 13.1. The van der Waals surface area contributed by atoms with Gasteiger partial charge in [0.2, 0.25) is 0 Å². The second-order valence-corrected chi connectivity index (χ2v) is 4.39. The molecule has 1 unspecified atom stereocenters. The highest BCUT2D eigenvalue weighted by molar-refractivity contribution is 7.99. The molecule has 0 aliphatic rings. The number of thioether (sulfide) groups is 1. The van der Waals surface area contributed by atoms with Crippen LogP contribution in [-0.2, 0) is 7.05 Å². The van der Waals surface area contributed by atoms with Crippen molar-refractivity contribution in [2.24, 2.45) is 12.8 Å². The van der Waals surface area contributed by atoms with Crippen LogP contribution in [0.5, 0.6) is 0 Å². The van der Waals surface area contributed by atoms with Gasteiger partial charge in [-0.2, -0.15) is 5.10 Å². The minimum Gasteiger partial charge on any atom is -0.392 e. The Morgan fingerprint density at radius 3 is 2.93 bits per heavy atom. The predicted molar refractivity (Wildman–Crippen MR) is 58.3 cm³/mol. The van der Waals surface area contributed by atoms with Crippen molar-refractivity contribution in [1.29, 1.82) is 0 Å². The van der Waals surface area contributed by atoms with Gasteiger partial charge in [-0.1, -0.05) is 0 Å². The van der Waals surface area contributed by atoms with Crippen LogP contribution >= 0.6 is 11.8 Å². The third-order valence-electron chi connectivity index (χ3n) is 1.93. The summed E-state index contributed by atoms with van der Waals surface area (Å²) in [5.74, 6) is 0.872. The minimum atomic E-state index is -0.378. The van der Waals surface area contributed by atoms with E-state index in [2.05, 4.69) is 5.10 Å². The molecule has 1 aromatic heterocycles. The lowest BCUT2D eigenvalue weighted by Crippen LogP contribution is -2.20.